The molecule has 0 saturated carbocycles. The van der Waals surface area contributed by atoms with Crippen LogP contribution in [0.3, 0.4) is 0 Å². The zero-order valence-electron chi connectivity index (χ0n) is 12.2. The molecule has 0 saturated heterocycles. The summed E-state index contributed by atoms with van der Waals surface area (Å²) in [6, 6.07) is 10.2. The van der Waals surface area contributed by atoms with Gasteiger partial charge in [-0.2, -0.15) is 0 Å². The molecular weight excluding hydrogens is 348 g/mol. The second-order valence-corrected chi connectivity index (χ2v) is 6.93. The summed E-state index contributed by atoms with van der Waals surface area (Å²) in [6.07, 6.45) is 1.02. The van der Waals surface area contributed by atoms with Gasteiger partial charge in [-0.05, 0) is 53.2 Å². The van der Waals surface area contributed by atoms with E-state index in [9.17, 15) is 0 Å². The van der Waals surface area contributed by atoms with Crippen molar-refractivity contribution in [2.24, 2.45) is 5.73 Å². The van der Waals surface area contributed by atoms with Crippen LogP contribution in [0.25, 0.3) is 0 Å². The molecule has 0 unspecified atom stereocenters. The lowest BCUT2D eigenvalue weighted by Gasteiger charge is -2.15. The lowest BCUT2D eigenvalue weighted by atomic mass is 10.2. The van der Waals surface area contributed by atoms with Crippen molar-refractivity contribution in [2.75, 3.05) is 20.2 Å². The first kappa shape index (κ1) is 16.5. The molecule has 0 spiro atoms. The quantitative estimate of drug-likeness (QED) is 0.718. The molecule has 0 aliphatic carbocycles. The van der Waals surface area contributed by atoms with Gasteiger partial charge in [0, 0.05) is 34.4 Å². The van der Waals surface area contributed by atoms with E-state index >= 15 is 0 Å². The van der Waals surface area contributed by atoms with Crippen LogP contribution < -0.4 is 10.5 Å². The third kappa shape index (κ3) is 5.79. The van der Waals surface area contributed by atoms with Gasteiger partial charge in [-0.1, -0.05) is 12.1 Å². The van der Waals surface area contributed by atoms with Crippen molar-refractivity contribution >= 4 is 27.3 Å². The zero-order chi connectivity index (χ0) is 15.1. The summed E-state index contributed by atoms with van der Waals surface area (Å²) in [7, 11) is 2.14. The van der Waals surface area contributed by atoms with Gasteiger partial charge < -0.3 is 15.4 Å². The van der Waals surface area contributed by atoms with Gasteiger partial charge in [0.1, 0.15) is 5.75 Å². The van der Waals surface area contributed by atoms with Gasteiger partial charge in [-0.25, -0.2) is 0 Å². The highest BCUT2D eigenvalue weighted by Crippen LogP contribution is 2.20. The summed E-state index contributed by atoms with van der Waals surface area (Å²) in [5.41, 5.74) is 6.70. The van der Waals surface area contributed by atoms with Crippen molar-refractivity contribution in [3.8, 4) is 5.75 Å². The number of nitrogens with two attached hydrogens (primary N) is 1. The molecule has 0 aliphatic rings. The molecular formula is C16H21BrN2OS. The number of hydrogen-bond donors (Lipinski definition) is 1. The normalized spacial score (nSPS) is 11.0. The summed E-state index contributed by atoms with van der Waals surface area (Å²) >= 11 is 5.27. The van der Waals surface area contributed by atoms with Crippen LogP contribution >= 0.6 is 27.3 Å². The second kappa shape index (κ2) is 8.54. The van der Waals surface area contributed by atoms with Crippen molar-refractivity contribution < 1.29 is 4.74 Å². The highest BCUT2D eigenvalue weighted by Gasteiger charge is 2.03. The maximum atomic E-state index is 5.74. The van der Waals surface area contributed by atoms with Crippen LogP contribution in [0.1, 0.15) is 16.9 Å². The largest absolute Gasteiger partial charge is 0.494 e. The standard InChI is InChI=1S/C16H21BrN2OS/c1-19(11-16-9-14(17)12-21-16)7-2-8-20-15-5-3-13(10-18)4-6-15/h3-6,9,12H,2,7-8,10-11,18H2,1H3. The van der Waals surface area contributed by atoms with E-state index in [2.05, 4.69) is 39.3 Å². The van der Waals surface area contributed by atoms with Gasteiger partial charge in [-0.15, -0.1) is 11.3 Å². The molecule has 2 rings (SSSR count). The van der Waals surface area contributed by atoms with Gasteiger partial charge >= 0.3 is 0 Å². The number of thiophene rings is 1. The van der Waals surface area contributed by atoms with Gasteiger partial charge in [0.05, 0.1) is 6.61 Å². The fourth-order valence-electron chi connectivity index (χ4n) is 2.03. The number of hydrogen-bond acceptors (Lipinski definition) is 4. The summed E-state index contributed by atoms with van der Waals surface area (Å²) in [6.45, 7) is 3.32. The Kier molecular flexibility index (Phi) is 6.70. The Morgan fingerprint density at radius 1 is 1.29 bits per heavy atom. The molecule has 0 aliphatic heterocycles. The smallest absolute Gasteiger partial charge is 0.119 e. The van der Waals surface area contributed by atoms with Crippen LogP contribution in [-0.2, 0) is 13.1 Å². The van der Waals surface area contributed by atoms with Crippen molar-refractivity contribution in [3.63, 3.8) is 0 Å². The first-order valence-electron chi connectivity index (χ1n) is 7.00. The molecule has 2 aromatic rings. The molecule has 0 amide bonds. The Bertz CT molecular complexity index is 541. The Labute approximate surface area is 138 Å². The Morgan fingerprint density at radius 3 is 2.67 bits per heavy atom. The number of halogens is 1. The van der Waals surface area contributed by atoms with Crippen LogP contribution in [0, 0.1) is 0 Å². The number of nitrogens with zero attached hydrogens (tertiary/aromatic N) is 1. The van der Waals surface area contributed by atoms with E-state index in [0.717, 1.165) is 37.4 Å². The highest BCUT2D eigenvalue weighted by atomic mass is 79.9. The summed E-state index contributed by atoms with van der Waals surface area (Å²) in [4.78, 5) is 3.70. The number of benzene rings is 1. The van der Waals surface area contributed by atoms with Crippen LogP contribution in [0.2, 0.25) is 0 Å². The maximum absolute atomic E-state index is 5.74. The molecule has 0 fully saturated rings. The van der Waals surface area contributed by atoms with E-state index in [1.807, 2.05) is 24.3 Å². The Morgan fingerprint density at radius 2 is 2.05 bits per heavy atom. The minimum absolute atomic E-state index is 0.573. The SMILES string of the molecule is CN(CCCOc1ccc(CN)cc1)Cc1cc(Br)cs1. The average Bonchev–Trinajstić information content (AvgIpc) is 2.89. The lowest BCUT2D eigenvalue weighted by Crippen LogP contribution is -2.20. The predicted molar refractivity (Wildman–Crippen MR) is 92.8 cm³/mol. The molecule has 0 radical (unpaired) electrons. The fourth-order valence-corrected chi connectivity index (χ4v) is 3.56. The minimum Gasteiger partial charge on any atom is -0.494 e. The van der Waals surface area contributed by atoms with Crippen molar-refractivity contribution in [1.29, 1.82) is 0 Å². The Balaban J connectivity index is 1.64. The third-order valence-electron chi connectivity index (χ3n) is 3.16. The highest BCUT2D eigenvalue weighted by molar-refractivity contribution is 9.10. The summed E-state index contributed by atoms with van der Waals surface area (Å²) in [5, 5.41) is 2.12. The van der Waals surface area contributed by atoms with E-state index in [0.29, 0.717) is 6.54 Å². The second-order valence-electron chi connectivity index (χ2n) is 5.02. The maximum Gasteiger partial charge on any atom is 0.119 e. The van der Waals surface area contributed by atoms with E-state index in [1.165, 1.54) is 9.35 Å². The first-order chi connectivity index (χ1) is 10.2. The molecule has 114 valence electrons. The molecule has 2 N–H and O–H groups in total. The van der Waals surface area contributed by atoms with E-state index in [-0.39, 0.29) is 0 Å². The monoisotopic (exact) mass is 368 g/mol. The van der Waals surface area contributed by atoms with Crippen LogP contribution in [0.4, 0.5) is 0 Å². The molecule has 3 nitrogen and oxygen atoms in total. The predicted octanol–water partition coefficient (Wildman–Crippen LogP) is 3.87. The van der Waals surface area contributed by atoms with Gasteiger partial charge in [0.2, 0.25) is 0 Å². The van der Waals surface area contributed by atoms with E-state index < -0.39 is 0 Å². The van der Waals surface area contributed by atoms with Crippen molar-refractivity contribution in [2.45, 2.75) is 19.5 Å². The molecule has 5 heteroatoms. The van der Waals surface area contributed by atoms with E-state index in [1.54, 1.807) is 11.3 Å². The summed E-state index contributed by atoms with van der Waals surface area (Å²) < 4.78 is 6.90. The summed E-state index contributed by atoms with van der Waals surface area (Å²) in [5.74, 6) is 0.914. The van der Waals surface area contributed by atoms with Crippen LogP contribution in [-0.4, -0.2) is 25.1 Å². The minimum atomic E-state index is 0.573. The lowest BCUT2D eigenvalue weighted by molar-refractivity contribution is 0.260. The van der Waals surface area contributed by atoms with Gasteiger partial charge in [-0.3, -0.25) is 0 Å². The van der Waals surface area contributed by atoms with Crippen molar-refractivity contribution in [1.82, 2.24) is 4.90 Å². The van der Waals surface area contributed by atoms with Crippen LogP contribution in [0.5, 0.6) is 5.75 Å². The van der Waals surface area contributed by atoms with Gasteiger partial charge in [0.25, 0.3) is 0 Å². The molecule has 1 aromatic carbocycles. The van der Waals surface area contributed by atoms with E-state index in [4.69, 9.17) is 10.5 Å². The molecule has 0 atom stereocenters. The average molecular weight is 369 g/mol. The molecule has 21 heavy (non-hydrogen) atoms. The Hall–Kier alpha value is -0.880. The van der Waals surface area contributed by atoms with Crippen LogP contribution in [0.15, 0.2) is 40.2 Å². The number of rotatable bonds is 8. The first-order valence-corrected chi connectivity index (χ1v) is 8.68. The zero-order valence-corrected chi connectivity index (χ0v) is 14.6. The molecule has 1 heterocycles. The van der Waals surface area contributed by atoms with Crippen molar-refractivity contribution in [3.05, 3.63) is 50.6 Å². The van der Waals surface area contributed by atoms with Gasteiger partial charge in [0.15, 0.2) is 0 Å². The fraction of sp³-hybridized carbons (Fsp3) is 0.375. The molecule has 1 aromatic heterocycles. The third-order valence-corrected chi connectivity index (χ3v) is 4.84. The molecule has 0 bridgehead atoms. The number of ether oxygens (including phenoxy) is 1. The topological polar surface area (TPSA) is 38.5 Å².